The number of carbonyl (C=O) groups is 2. The van der Waals surface area contributed by atoms with Gasteiger partial charge in [0.1, 0.15) is 49.8 Å². The minimum Gasteiger partial charge on any atom is -0.463 e. The van der Waals surface area contributed by atoms with E-state index in [4.69, 9.17) is 18.9 Å². The van der Waals surface area contributed by atoms with Crippen LogP contribution in [0.4, 0.5) is 0 Å². The highest BCUT2D eigenvalue weighted by Gasteiger charge is 2.57. The van der Waals surface area contributed by atoms with Crippen LogP contribution in [0.25, 0.3) is 0 Å². The van der Waals surface area contributed by atoms with Crippen LogP contribution >= 0.6 is 0 Å². The van der Waals surface area contributed by atoms with Crippen molar-refractivity contribution in [2.75, 3.05) is 19.8 Å². The van der Waals surface area contributed by atoms with Gasteiger partial charge in [-0.05, 0) is 38.0 Å². The molecule has 12 atom stereocenters. The summed E-state index contributed by atoms with van der Waals surface area (Å²) >= 11 is 0. The predicted octanol–water partition coefficient (Wildman–Crippen LogP) is -0.740. The molecule has 2 rings (SSSR count). The first-order valence-corrected chi connectivity index (χ1v) is 15.4. The van der Waals surface area contributed by atoms with E-state index >= 15 is 0 Å². The van der Waals surface area contributed by atoms with Crippen molar-refractivity contribution < 1.29 is 69.4 Å². The van der Waals surface area contributed by atoms with Gasteiger partial charge in [-0.3, -0.25) is 9.59 Å². The SMILES string of the molecule is C=C(C)CC(CCCCCC)C(CC(=O)OCC1OC(O)C(O)C(O)C1O)CC(C)C(=O)OC1(CO)OC(CO)C(O)C1O. The van der Waals surface area contributed by atoms with Gasteiger partial charge in [-0.25, -0.2) is 0 Å². The van der Waals surface area contributed by atoms with Gasteiger partial charge in [0.2, 0.25) is 0 Å². The topological polar surface area (TPSA) is 233 Å². The van der Waals surface area contributed by atoms with E-state index in [1.807, 2.05) is 6.92 Å². The average molecular weight is 637 g/mol. The van der Waals surface area contributed by atoms with Gasteiger partial charge < -0.3 is 59.8 Å². The van der Waals surface area contributed by atoms with Gasteiger partial charge in [-0.2, -0.15) is 0 Å². The van der Waals surface area contributed by atoms with Crippen molar-refractivity contribution in [2.24, 2.45) is 17.8 Å². The number of esters is 2. The number of ether oxygens (including phenoxy) is 4. The summed E-state index contributed by atoms with van der Waals surface area (Å²) in [5.41, 5.74) is 0.880. The largest absolute Gasteiger partial charge is 0.463 e. The summed E-state index contributed by atoms with van der Waals surface area (Å²) in [7, 11) is 0. The minimum absolute atomic E-state index is 0.0804. The smallest absolute Gasteiger partial charge is 0.311 e. The summed E-state index contributed by atoms with van der Waals surface area (Å²) in [4.78, 5) is 26.3. The molecule has 256 valence electrons. The Hall–Kier alpha value is -1.72. The molecule has 2 aliphatic heterocycles. The molecule has 12 unspecified atom stereocenters. The molecule has 0 amide bonds. The van der Waals surface area contributed by atoms with E-state index in [1.54, 1.807) is 6.92 Å². The van der Waals surface area contributed by atoms with Crippen LogP contribution < -0.4 is 0 Å². The van der Waals surface area contributed by atoms with E-state index in [9.17, 15) is 50.4 Å². The molecule has 0 radical (unpaired) electrons. The molecule has 2 fully saturated rings. The lowest BCUT2D eigenvalue weighted by molar-refractivity contribution is -0.287. The van der Waals surface area contributed by atoms with Gasteiger partial charge in [0.05, 0.1) is 12.5 Å². The van der Waals surface area contributed by atoms with Gasteiger partial charge >= 0.3 is 11.9 Å². The Labute approximate surface area is 258 Å². The average Bonchev–Trinajstić information content (AvgIpc) is 3.22. The van der Waals surface area contributed by atoms with Crippen LogP contribution in [0.2, 0.25) is 0 Å². The molecular weight excluding hydrogens is 584 g/mol. The van der Waals surface area contributed by atoms with Crippen molar-refractivity contribution in [3.63, 3.8) is 0 Å². The van der Waals surface area contributed by atoms with Crippen LogP contribution in [0.3, 0.4) is 0 Å². The van der Waals surface area contributed by atoms with E-state index in [0.717, 1.165) is 37.7 Å². The Morgan fingerprint density at radius 1 is 0.909 bits per heavy atom. The first-order valence-electron chi connectivity index (χ1n) is 15.4. The molecule has 2 saturated heterocycles. The fraction of sp³-hybridized carbons (Fsp3) is 0.867. The third-order valence-electron chi connectivity index (χ3n) is 8.47. The summed E-state index contributed by atoms with van der Waals surface area (Å²) in [6.07, 6.45) is -7.56. The lowest BCUT2D eigenvalue weighted by Gasteiger charge is -2.38. The molecule has 0 saturated carbocycles. The minimum atomic E-state index is -2.27. The fourth-order valence-corrected chi connectivity index (χ4v) is 5.82. The maximum atomic E-state index is 13.2. The van der Waals surface area contributed by atoms with E-state index in [-0.39, 0.29) is 18.8 Å². The van der Waals surface area contributed by atoms with E-state index in [0.29, 0.717) is 6.42 Å². The van der Waals surface area contributed by atoms with E-state index in [2.05, 4.69) is 13.5 Å². The number of carbonyl (C=O) groups excluding carboxylic acids is 2. The molecule has 2 heterocycles. The van der Waals surface area contributed by atoms with E-state index < -0.39 is 98.4 Å². The highest BCUT2D eigenvalue weighted by Crippen LogP contribution is 2.36. The predicted molar refractivity (Wildman–Crippen MR) is 153 cm³/mol. The summed E-state index contributed by atoms with van der Waals surface area (Å²) in [6.45, 7) is 7.38. The van der Waals surface area contributed by atoms with Crippen LogP contribution in [0.1, 0.15) is 72.1 Å². The van der Waals surface area contributed by atoms with E-state index in [1.165, 1.54) is 0 Å². The molecule has 2 aliphatic rings. The molecule has 0 aliphatic carbocycles. The van der Waals surface area contributed by atoms with Crippen LogP contribution in [-0.2, 0) is 28.5 Å². The third kappa shape index (κ3) is 10.1. The highest BCUT2D eigenvalue weighted by molar-refractivity contribution is 5.73. The molecular formula is C30H52O14. The molecule has 0 bridgehead atoms. The monoisotopic (exact) mass is 636 g/mol. The lowest BCUT2D eigenvalue weighted by atomic mass is 9.77. The maximum absolute atomic E-state index is 13.2. The third-order valence-corrected chi connectivity index (χ3v) is 8.47. The molecule has 44 heavy (non-hydrogen) atoms. The lowest BCUT2D eigenvalue weighted by Crippen LogP contribution is -2.58. The Morgan fingerprint density at radius 2 is 1.59 bits per heavy atom. The zero-order valence-electron chi connectivity index (χ0n) is 25.9. The summed E-state index contributed by atoms with van der Waals surface area (Å²) in [6, 6.07) is 0. The van der Waals surface area contributed by atoms with Crippen LogP contribution in [0.15, 0.2) is 12.2 Å². The molecule has 14 heteroatoms. The zero-order chi connectivity index (χ0) is 33.2. The molecule has 0 spiro atoms. The first kappa shape index (κ1) is 38.5. The highest BCUT2D eigenvalue weighted by atomic mass is 16.8. The van der Waals surface area contributed by atoms with Crippen molar-refractivity contribution in [1.82, 2.24) is 0 Å². The second kappa shape index (κ2) is 17.8. The maximum Gasteiger partial charge on any atom is 0.311 e. The van der Waals surface area contributed by atoms with Crippen LogP contribution in [0.5, 0.6) is 0 Å². The van der Waals surface area contributed by atoms with Gasteiger partial charge in [-0.15, -0.1) is 6.58 Å². The van der Waals surface area contributed by atoms with Crippen molar-refractivity contribution >= 4 is 11.9 Å². The molecule has 0 aromatic rings. The number of hydrogen-bond acceptors (Lipinski definition) is 14. The summed E-state index contributed by atoms with van der Waals surface area (Å²) < 4.78 is 21.2. The quantitative estimate of drug-likeness (QED) is 0.0526. The normalized spacial score (nSPS) is 34.2. The van der Waals surface area contributed by atoms with Gasteiger partial charge in [0, 0.05) is 6.42 Å². The van der Waals surface area contributed by atoms with Gasteiger partial charge in [0.15, 0.2) is 12.4 Å². The Kier molecular flexibility index (Phi) is 15.6. The summed E-state index contributed by atoms with van der Waals surface area (Å²) in [5.74, 6) is -5.18. The first-order chi connectivity index (χ1) is 20.7. The number of allylic oxidation sites excluding steroid dienone is 1. The Bertz CT molecular complexity index is 916. The molecule has 0 aromatic carbocycles. The number of aliphatic hydroxyl groups excluding tert-OH is 8. The van der Waals surface area contributed by atoms with Gasteiger partial charge in [-0.1, -0.05) is 45.1 Å². The number of aliphatic hydroxyl groups is 8. The molecule has 8 N–H and O–H groups in total. The van der Waals surface area contributed by atoms with Crippen molar-refractivity contribution in [2.45, 2.75) is 127 Å². The molecule has 14 nitrogen and oxygen atoms in total. The summed E-state index contributed by atoms with van der Waals surface area (Å²) in [5, 5.41) is 79.5. The Balaban J connectivity index is 2.18. The number of hydrogen-bond donors (Lipinski definition) is 8. The second-order valence-electron chi connectivity index (χ2n) is 12.3. The van der Waals surface area contributed by atoms with Crippen LogP contribution in [-0.4, -0.2) is 127 Å². The standard InChI is InChI=1S/C30H52O14/c1-5-6-7-8-9-18(10-16(2)3)19(12-22(33)41-14-21-23(34)25(36)26(37)29(40)42-21)11-17(4)28(39)44-30(15-32)27(38)24(35)20(13-31)43-30/h17-21,23-27,29,31-32,34-38,40H,2,5-15H2,1,3-4H3. The van der Waals surface area contributed by atoms with Crippen molar-refractivity contribution in [3.8, 4) is 0 Å². The zero-order valence-corrected chi connectivity index (χ0v) is 25.9. The Morgan fingerprint density at radius 3 is 2.16 bits per heavy atom. The molecule has 0 aromatic heterocycles. The van der Waals surface area contributed by atoms with Gasteiger partial charge in [0.25, 0.3) is 5.79 Å². The van der Waals surface area contributed by atoms with Crippen LogP contribution in [0, 0.1) is 17.8 Å². The second-order valence-corrected chi connectivity index (χ2v) is 12.3. The number of unbranched alkanes of at least 4 members (excludes halogenated alkanes) is 3. The fourth-order valence-electron chi connectivity index (χ4n) is 5.82. The van der Waals surface area contributed by atoms with Crippen molar-refractivity contribution in [3.05, 3.63) is 12.2 Å². The van der Waals surface area contributed by atoms with Crippen molar-refractivity contribution in [1.29, 1.82) is 0 Å². The number of rotatable bonds is 18.